The van der Waals surface area contributed by atoms with Crippen LogP contribution < -0.4 is 15.9 Å². The van der Waals surface area contributed by atoms with Gasteiger partial charge in [-0.1, -0.05) is 25.1 Å². The lowest BCUT2D eigenvalue weighted by atomic mass is 10.3. The molecular weight excluding hydrogens is 234 g/mol. The number of nitrogens with one attached hydrogen (secondary N) is 1. The molecule has 1 aromatic carbocycles. The van der Waals surface area contributed by atoms with Gasteiger partial charge in [0.1, 0.15) is 12.4 Å². The van der Waals surface area contributed by atoms with Crippen molar-refractivity contribution in [3.05, 3.63) is 30.3 Å². The van der Waals surface area contributed by atoms with E-state index in [1.54, 1.807) is 6.92 Å². The average Bonchev–Trinajstić information content (AvgIpc) is 2.42. The number of carbonyl (C=O) groups excluding carboxylic acids is 2. The minimum atomic E-state index is -0.626. The molecule has 98 valence electrons. The molecule has 0 unspecified atom stereocenters. The standard InChI is InChI=1S/C12H17N3O3/c1-2-11(16)15(13)12(17)14-8-9-18-10-6-4-3-5-7-10/h3-7H,2,8-9,13H2,1H3,(H,14,17). The van der Waals surface area contributed by atoms with E-state index >= 15 is 0 Å². The van der Waals surface area contributed by atoms with Gasteiger partial charge >= 0.3 is 6.03 Å². The molecule has 3 N–H and O–H groups in total. The fourth-order valence-corrected chi connectivity index (χ4v) is 1.21. The molecule has 1 aromatic rings. The van der Waals surface area contributed by atoms with Crippen molar-refractivity contribution in [2.45, 2.75) is 13.3 Å². The normalized spacial score (nSPS) is 9.67. The lowest BCUT2D eigenvalue weighted by Gasteiger charge is -2.14. The van der Waals surface area contributed by atoms with Gasteiger partial charge < -0.3 is 10.1 Å². The molecule has 3 amide bonds. The van der Waals surface area contributed by atoms with Crippen molar-refractivity contribution in [2.24, 2.45) is 5.84 Å². The summed E-state index contributed by atoms with van der Waals surface area (Å²) in [7, 11) is 0. The number of nitrogens with two attached hydrogens (primary N) is 1. The van der Waals surface area contributed by atoms with Gasteiger partial charge in [0.2, 0.25) is 5.91 Å². The fourth-order valence-electron chi connectivity index (χ4n) is 1.21. The minimum absolute atomic E-state index is 0.185. The topological polar surface area (TPSA) is 84.7 Å². The second-order valence-electron chi connectivity index (χ2n) is 3.51. The molecule has 0 saturated heterocycles. The van der Waals surface area contributed by atoms with E-state index in [4.69, 9.17) is 10.6 Å². The van der Waals surface area contributed by atoms with Crippen molar-refractivity contribution in [2.75, 3.05) is 13.2 Å². The molecule has 0 aliphatic heterocycles. The van der Waals surface area contributed by atoms with Gasteiger partial charge in [0, 0.05) is 6.42 Å². The largest absolute Gasteiger partial charge is 0.492 e. The summed E-state index contributed by atoms with van der Waals surface area (Å²) in [6.45, 7) is 2.22. The predicted molar refractivity (Wildman–Crippen MR) is 66.7 cm³/mol. The molecule has 0 aromatic heterocycles. The van der Waals surface area contributed by atoms with E-state index in [9.17, 15) is 9.59 Å². The predicted octanol–water partition coefficient (Wildman–Crippen LogP) is 0.887. The summed E-state index contributed by atoms with van der Waals surface area (Å²) in [5, 5.41) is 3.06. The highest BCUT2D eigenvalue weighted by molar-refractivity contribution is 5.93. The molecule has 0 spiro atoms. The van der Waals surface area contributed by atoms with Gasteiger partial charge in [-0.2, -0.15) is 5.01 Å². The van der Waals surface area contributed by atoms with Crippen LogP contribution in [-0.4, -0.2) is 30.1 Å². The number of amides is 3. The summed E-state index contributed by atoms with van der Waals surface area (Å²) < 4.78 is 5.36. The van der Waals surface area contributed by atoms with Crippen molar-refractivity contribution in [1.29, 1.82) is 0 Å². The van der Waals surface area contributed by atoms with Crippen LogP contribution in [0.3, 0.4) is 0 Å². The van der Waals surface area contributed by atoms with E-state index in [-0.39, 0.29) is 13.0 Å². The number of para-hydroxylation sites is 1. The number of urea groups is 1. The van der Waals surface area contributed by atoms with Crippen LogP contribution >= 0.6 is 0 Å². The summed E-state index contributed by atoms with van der Waals surface area (Å²) in [5.41, 5.74) is 0. The van der Waals surface area contributed by atoms with Crippen LogP contribution in [0.2, 0.25) is 0 Å². The zero-order valence-electron chi connectivity index (χ0n) is 10.3. The van der Waals surface area contributed by atoms with E-state index in [0.29, 0.717) is 11.6 Å². The first-order valence-electron chi connectivity index (χ1n) is 5.68. The zero-order valence-corrected chi connectivity index (χ0v) is 10.3. The summed E-state index contributed by atoms with van der Waals surface area (Å²) in [4.78, 5) is 22.5. The number of hydrogen-bond donors (Lipinski definition) is 2. The number of rotatable bonds is 5. The van der Waals surface area contributed by atoms with Crippen molar-refractivity contribution in [3.63, 3.8) is 0 Å². The molecule has 0 fully saturated rings. The Kier molecular flexibility index (Phi) is 5.66. The average molecular weight is 251 g/mol. The Hall–Kier alpha value is -2.08. The number of ether oxygens (including phenoxy) is 1. The lowest BCUT2D eigenvalue weighted by Crippen LogP contribution is -2.48. The number of hydrogen-bond acceptors (Lipinski definition) is 4. The molecule has 0 bridgehead atoms. The first-order chi connectivity index (χ1) is 8.65. The number of benzene rings is 1. The molecule has 0 saturated carbocycles. The van der Waals surface area contributed by atoms with Crippen LogP contribution in [0.5, 0.6) is 5.75 Å². The van der Waals surface area contributed by atoms with E-state index in [1.165, 1.54) is 0 Å². The second kappa shape index (κ2) is 7.29. The summed E-state index contributed by atoms with van der Waals surface area (Å²) in [5.74, 6) is 5.58. The van der Waals surface area contributed by atoms with Crippen molar-refractivity contribution in [3.8, 4) is 5.75 Å². The molecule has 0 radical (unpaired) electrons. The maximum Gasteiger partial charge on any atom is 0.338 e. The van der Waals surface area contributed by atoms with Crippen LogP contribution in [0.4, 0.5) is 4.79 Å². The van der Waals surface area contributed by atoms with Crippen LogP contribution in [0.15, 0.2) is 30.3 Å². The number of carbonyl (C=O) groups is 2. The molecule has 18 heavy (non-hydrogen) atoms. The van der Waals surface area contributed by atoms with Crippen molar-refractivity contribution < 1.29 is 14.3 Å². The first-order valence-corrected chi connectivity index (χ1v) is 5.68. The Morgan fingerprint density at radius 3 is 2.61 bits per heavy atom. The summed E-state index contributed by atoms with van der Waals surface area (Å²) in [6, 6.07) is 8.61. The third-order valence-electron chi connectivity index (χ3n) is 2.18. The summed E-state index contributed by atoms with van der Waals surface area (Å²) >= 11 is 0. The highest BCUT2D eigenvalue weighted by atomic mass is 16.5. The maximum atomic E-state index is 11.4. The molecule has 0 aliphatic rings. The SMILES string of the molecule is CCC(=O)N(N)C(=O)NCCOc1ccccc1. The Bertz CT molecular complexity index is 395. The smallest absolute Gasteiger partial charge is 0.338 e. The molecule has 0 atom stereocenters. The van der Waals surface area contributed by atoms with Crippen molar-refractivity contribution >= 4 is 11.9 Å². The Balaban J connectivity index is 2.22. The van der Waals surface area contributed by atoms with Gasteiger partial charge in [-0.25, -0.2) is 10.6 Å². The van der Waals surface area contributed by atoms with E-state index in [1.807, 2.05) is 30.3 Å². The van der Waals surface area contributed by atoms with Gasteiger partial charge in [0.05, 0.1) is 6.54 Å². The summed E-state index contributed by atoms with van der Waals surface area (Å²) in [6.07, 6.45) is 0.185. The molecular formula is C12H17N3O3. The van der Waals surface area contributed by atoms with Crippen molar-refractivity contribution in [1.82, 2.24) is 10.3 Å². The minimum Gasteiger partial charge on any atom is -0.492 e. The Labute approximate surface area is 106 Å². The molecule has 6 heteroatoms. The third-order valence-corrected chi connectivity index (χ3v) is 2.18. The second-order valence-corrected chi connectivity index (χ2v) is 3.51. The van der Waals surface area contributed by atoms with Gasteiger partial charge in [0.15, 0.2) is 0 Å². The van der Waals surface area contributed by atoms with Crippen LogP contribution in [0.1, 0.15) is 13.3 Å². The zero-order chi connectivity index (χ0) is 13.4. The first kappa shape index (κ1) is 14.0. The third kappa shape index (κ3) is 4.42. The number of imide groups is 1. The molecule has 0 aliphatic carbocycles. The van der Waals surface area contributed by atoms with Gasteiger partial charge in [-0.3, -0.25) is 4.79 Å². The van der Waals surface area contributed by atoms with E-state index in [0.717, 1.165) is 5.75 Å². The molecule has 1 rings (SSSR count). The maximum absolute atomic E-state index is 11.4. The quantitative estimate of drug-likeness (QED) is 0.352. The molecule has 0 heterocycles. The van der Waals surface area contributed by atoms with Gasteiger partial charge in [-0.15, -0.1) is 0 Å². The van der Waals surface area contributed by atoms with E-state index in [2.05, 4.69) is 5.32 Å². The number of hydrazine groups is 1. The lowest BCUT2D eigenvalue weighted by molar-refractivity contribution is -0.128. The molecule has 6 nitrogen and oxygen atoms in total. The van der Waals surface area contributed by atoms with Gasteiger partial charge in [-0.05, 0) is 12.1 Å². The monoisotopic (exact) mass is 251 g/mol. The Morgan fingerprint density at radius 2 is 2.00 bits per heavy atom. The highest BCUT2D eigenvalue weighted by Crippen LogP contribution is 2.07. The van der Waals surface area contributed by atoms with Crippen LogP contribution in [0, 0.1) is 0 Å². The van der Waals surface area contributed by atoms with Gasteiger partial charge in [0.25, 0.3) is 0 Å². The van der Waals surface area contributed by atoms with Crippen LogP contribution in [0.25, 0.3) is 0 Å². The van der Waals surface area contributed by atoms with Crippen LogP contribution in [-0.2, 0) is 4.79 Å². The number of nitrogens with zero attached hydrogens (tertiary/aromatic N) is 1. The fraction of sp³-hybridized carbons (Fsp3) is 0.333. The highest BCUT2D eigenvalue weighted by Gasteiger charge is 2.14. The van der Waals surface area contributed by atoms with E-state index < -0.39 is 11.9 Å². The Morgan fingerprint density at radius 1 is 1.33 bits per heavy atom.